The number of amides is 1. The number of nitrogens with one attached hydrogen (secondary N) is 1. The Kier molecular flexibility index (Phi) is 7.05. The Hall–Kier alpha value is -3.09. The normalized spacial score (nSPS) is 13.1. The lowest BCUT2D eigenvalue weighted by Crippen LogP contribution is -2.13. The first kappa shape index (κ1) is 20.6. The Morgan fingerprint density at radius 2 is 2.00 bits per heavy atom. The van der Waals surface area contributed by atoms with Gasteiger partial charge in [-0.3, -0.25) is 4.79 Å². The van der Waals surface area contributed by atoms with Crippen LogP contribution in [0.3, 0.4) is 0 Å². The zero-order valence-corrected chi connectivity index (χ0v) is 17.3. The van der Waals surface area contributed by atoms with Gasteiger partial charge in [-0.05, 0) is 61.4 Å². The molecule has 1 aromatic heterocycles. The summed E-state index contributed by atoms with van der Waals surface area (Å²) in [5.41, 5.74) is 2.34. The van der Waals surface area contributed by atoms with Crippen LogP contribution in [0.2, 0.25) is 0 Å². The number of hydrogen-bond acceptors (Lipinski definition) is 5. The van der Waals surface area contributed by atoms with E-state index in [0.717, 1.165) is 55.4 Å². The van der Waals surface area contributed by atoms with Crippen LogP contribution in [0, 0.1) is 22.7 Å². The highest BCUT2D eigenvalue weighted by atomic mass is 32.1. The summed E-state index contributed by atoms with van der Waals surface area (Å²) in [5, 5.41) is 22.3. The van der Waals surface area contributed by atoms with E-state index in [1.54, 1.807) is 6.08 Å². The highest BCUT2D eigenvalue weighted by Gasteiger charge is 2.22. The lowest BCUT2D eigenvalue weighted by atomic mass is 9.96. The van der Waals surface area contributed by atoms with Crippen LogP contribution in [0.4, 0.5) is 5.00 Å². The summed E-state index contributed by atoms with van der Waals surface area (Å²) < 4.78 is 5.63. The predicted octanol–water partition coefficient (Wildman–Crippen LogP) is 5.22. The van der Waals surface area contributed by atoms with Crippen molar-refractivity contribution in [1.82, 2.24) is 0 Å². The van der Waals surface area contributed by atoms with Crippen LogP contribution in [0.1, 0.15) is 54.2 Å². The number of ether oxygens (including phenoxy) is 1. The molecule has 0 atom stereocenters. The summed E-state index contributed by atoms with van der Waals surface area (Å²) in [6.45, 7) is 2.78. The molecule has 29 heavy (non-hydrogen) atoms. The first-order valence-electron chi connectivity index (χ1n) is 9.87. The quantitative estimate of drug-likeness (QED) is 0.388. The number of rotatable bonds is 7. The molecule has 0 saturated carbocycles. The molecule has 1 amide bonds. The van der Waals surface area contributed by atoms with Gasteiger partial charge in [0.25, 0.3) is 5.91 Å². The highest BCUT2D eigenvalue weighted by Crippen LogP contribution is 2.37. The van der Waals surface area contributed by atoms with Crippen molar-refractivity contribution in [1.29, 1.82) is 10.5 Å². The number of nitriles is 2. The van der Waals surface area contributed by atoms with Gasteiger partial charge in [-0.25, -0.2) is 0 Å². The van der Waals surface area contributed by atoms with E-state index in [-0.39, 0.29) is 5.57 Å². The molecule has 2 aromatic rings. The van der Waals surface area contributed by atoms with Crippen molar-refractivity contribution in [2.75, 3.05) is 11.9 Å². The number of anilines is 1. The Labute approximate surface area is 175 Å². The largest absolute Gasteiger partial charge is 0.494 e. The third-order valence-corrected chi connectivity index (χ3v) is 6.04. The van der Waals surface area contributed by atoms with E-state index in [2.05, 4.69) is 18.3 Å². The molecule has 1 aliphatic rings. The molecule has 3 rings (SSSR count). The molecule has 6 heteroatoms. The van der Waals surface area contributed by atoms with Crippen molar-refractivity contribution in [2.45, 2.75) is 45.4 Å². The fourth-order valence-electron chi connectivity index (χ4n) is 3.25. The summed E-state index contributed by atoms with van der Waals surface area (Å²) in [6, 6.07) is 11.5. The van der Waals surface area contributed by atoms with Crippen molar-refractivity contribution >= 4 is 28.3 Å². The molecule has 0 saturated heterocycles. The van der Waals surface area contributed by atoms with Crippen LogP contribution < -0.4 is 10.1 Å². The lowest BCUT2D eigenvalue weighted by molar-refractivity contribution is -0.112. The van der Waals surface area contributed by atoms with Crippen molar-refractivity contribution in [3.63, 3.8) is 0 Å². The van der Waals surface area contributed by atoms with Crippen LogP contribution in [-0.4, -0.2) is 12.5 Å². The zero-order valence-electron chi connectivity index (χ0n) is 16.5. The Balaban J connectivity index is 1.73. The van der Waals surface area contributed by atoms with Crippen molar-refractivity contribution in [3.05, 3.63) is 51.4 Å². The number of unbranched alkanes of at least 4 members (excludes halogenated alkanes) is 1. The Morgan fingerprint density at radius 3 is 2.69 bits per heavy atom. The second-order valence-corrected chi connectivity index (χ2v) is 8.03. The van der Waals surface area contributed by atoms with E-state index in [1.165, 1.54) is 16.2 Å². The van der Waals surface area contributed by atoms with Crippen LogP contribution in [0.25, 0.3) is 6.08 Å². The maximum atomic E-state index is 12.6. The van der Waals surface area contributed by atoms with Crippen LogP contribution in [-0.2, 0) is 17.6 Å². The van der Waals surface area contributed by atoms with Gasteiger partial charge < -0.3 is 10.1 Å². The number of aryl methyl sites for hydroxylation is 1. The van der Waals surface area contributed by atoms with Gasteiger partial charge in [-0.1, -0.05) is 25.5 Å². The van der Waals surface area contributed by atoms with Gasteiger partial charge in [-0.15, -0.1) is 11.3 Å². The van der Waals surface area contributed by atoms with Crippen LogP contribution in [0.15, 0.2) is 29.8 Å². The summed E-state index contributed by atoms with van der Waals surface area (Å²) >= 11 is 1.45. The van der Waals surface area contributed by atoms with E-state index < -0.39 is 5.91 Å². The molecule has 1 heterocycles. The van der Waals surface area contributed by atoms with E-state index >= 15 is 0 Å². The minimum atomic E-state index is -0.495. The number of fused-ring (bicyclic) bond motifs is 1. The standard InChI is InChI=1S/C23H23N3O2S/c1-2-3-12-28-18-10-8-16(9-11-18)13-17(14-24)22(27)26-23-20(15-25)19-6-4-5-7-21(19)29-23/h8-11,13H,2-7,12H2,1H3,(H,26,27). The summed E-state index contributed by atoms with van der Waals surface area (Å²) in [7, 11) is 0. The fourth-order valence-corrected chi connectivity index (χ4v) is 4.49. The van der Waals surface area contributed by atoms with E-state index in [0.29, 0.717) is 17.2 Å². The maximum absolute atomic E-state index is 12.6. The molecule has 0 bridgehead atoms. The first-order valence-corrected chi connectivity index (χ1v) is 10.7. The predicted molar refractivity (Wildman–Crippen MR) is 115 cm³/mol. The summed E-state index contributed by atoms with van der Waals surface area (Å²) in [6.07, 6.45) is 7.60. The zero-order chi connectivity index (χ0) is 20.6. The van der Waals surface area contributed by atoms with E-state index in [9.17, 15) is 15.3 Å². The molecule has 0 fully saturated rings. The molecule has 1 aliphatic carbocycles. The SMILES string of the molecule is CCCCOc1ccc(C=C(C#N)C(=O)Nc2sc3c(c2C#N)CCCC3)cc1. The lowest BCUT2D eigenvalue weighted by Gasteiger charge is -2.09. The van der Waals surface area contributed by atoms with Crippen molar-refractivity contribution in [3.8, 4) is 17.9 Å². The Morgan fingerprint density at radius 1 is 1.24 bits per heavy atom. The van der Waals surface area contributed by atoms with Gasteiger partial charge in [-0.2, -0.15) is 10.5 Å². The molecule has 1 aromatic carbocycles. The number of carbonyl (C=O) groups is 1. The molecule has 5 nitrogen and oxygen atoms in total. The smallest absolute Gasteiger partial charge is 0.266 e. The summed E-state index contributed by atoms with van der Waals surface area (Å²) in [4.78, 5) is 13.8. The van der Waals surface area contributed by atoms with E-state index in [4.69, 9.17) is 4.74 Å². The van der Waals surface area contributed by atoms with Gasteiger partial charge in [0, 0.05) is 4.88 Å². The molecule has 0 aliphatic heterocycles. The van der Waals surface area contributed by atoms with Crippen LogP contribution >= 0.6 is 11.3 Å². The minimum absolute atomic E-state index is 0.0000805. The van der Waals surface area contributed by atoms with E-state index in [1.807, 2.05) is 30.3 Å². The second-order valence-electron chi connectivity index (χ2n) is 6.92. The number of hydrogen-bond donors (Lipinski definition) is 1. The molecular formula is C23H23N3O2S. The number of nitrogens with zero attached hydrogens (tertiary/aromatic N) is 2. The number of thiophene rings is 1. The number of benzene rings is 1. The summed E-state index contributed by atoms with van der Waals surface area (Å²) in [5.74, 6) is 0.271. The maximum Gasteiger partial charge on any atom is 0.266 e. The van der Waals surface area contributed by atoms with Gasteiger partial charge >= 0.3 is 0 Å². The first-order chi connectivity index (χ1) is 14.2. The van der Waals surface area contributed by atoms with Crippen LogP contribution in [0.5, 0.6) is 5.75 Å². The molecule has 148 valence electrons. The molecule has 0 spiro atoms. The van der Waals surface area contributed by atoms with Crippen molar-refractivity contribution < 1.29 is 9.53 Å². The monoisotopic (exact) mass is 405 g/mol. The molecular weight excluding hydrogens is 382 g/mol. The molecule has 0 radical (unpaired) electrons. The van der Waals surface area contributed by atoms with Crippen molar-refractivity contribution in [2.24, 2.45) is 0 Å². The average Bonchev–Trinajstić information content (AvgIpc) is 3.10. The Bertz CT molecular complexity index is 991. The number of carbonyl (C=O) groups excluding carboxylic acids is 1. The fraction of sp³-hybridized carbons (Fsp3) is 0.348. The van der Waals surface area contributed by atoms with Gasteiger partial charge in [0.2, 0.25) is 0 Å². The second kappa shape index (κ2) is 9.91. The minimum Gasteiger partial charge on any atom is -0.494 e. The highest BCUT2D eigenvalue weighted by molar-refractivity contribution is 7.16. The third kappa shape index (κ3) is 5.04. The van der Waals surface area contributed by atoms with Gasteiger partial charge in [0.05, 0.1) is 12.2 Å². The van der Waals surface area contributed by atoms with Gasteiger partial charge in [0.15, 0.2) is 0 Å². The van der Waals surface area contributed by atoms with Gasteiger partial charge in [0.1, 0.15) is 28.5 Å². The topological polar surface area (TPSA) is 85.9 Å². The molecule has 0 unspecified atom stereocenters. The molecule has 1 N–H and O–H groups in total. The third-order valence-electron chi connectivity index (χ3n) is 4.83. The average molecular weight is 406 g/mol.